The molecule has 5 rings (SSSR count). The fourth-order valence-corrected chi connectivity index (χ4v) is 4.10. The number of aromatic nitrogens is 3. The first-order valence-electron chi connectivity index (χ1n) is 12.6. The lowest BCUT2D eigenvalue weighted by atomic mass is 10.1. The van der Waals surface area contributed by atoms with Gasteiger partial charge in [0.1, 0.15) is 29.4 Å². The molecule has 2 heterocycles. The number of hydrazone groups is 1. The molecule has 0 fully saturated rings. The Morgan fingerprint density at radius 3 is 2.65 bits per heavy atom. The fourth-order valence-electron chi connectivity index (χ4n) is 4.10. The molecule has 0 spiro atoms. The van der Waals surface area contributed by atoms with Gasteiger partial charge in [-0.2, -0.15) is 5.10 Å². The smallest absolute Gasteiger partial charge is 0.336 e. The highest BCUT2D eigenvalue weighted by atomic mass is 16.5. The molecule has 5 aromatic rings. The zero-order chi connectivity index (χ0) is 27.9. The van der Waals surface area contributed by atoms with E-state index in [-0.39, 0.29) is 6.61 Å². The maximum Gasteiger partial charge on any atom is 0.336 e. The van der Waals surface area contributed by atoms with Gasteiger partial charge in [0, 0.05) is 6.07 Å². The lowest BCUT2D eigenvalue weighted by Crippen LogP contribution is -2.24. The zero-order valence-corrected chi connectivity index (χ0v) is 22.0. The maximum atomic E-state index is 12.3. The molecule has 0 aliphatic heterocycles. The van der Waals surface area contributed by atoms with Crippen LogP contribution in [-0.2, 0) is 17.9 Å². The van der Waals surface area contributed by atoms with Gasteiger partial charge in [0.25, 0.3) is 5.91 Å². The van der Waals surface area contributed by atoms with E-state index in [1.54, 1.807) is 23.7 Å². The third kappa shape index (κ3) is 6.79. The first-order valence-corrected chi connectivity index (χ1v) is 12.6. The summed E-state index contributed by atoms with van der Waals surface area (Å²) in [6.45, 7) is 4.33. The molecule has 0 bridgehead atoms. The molecule has 0 unspecified atom stereocenters. The minimum absolute atomic E-state index is 0.253. The Hall–Kier alpha value is -5.25. The van der Waals surface area contributed by atoms with E-state index < -0.39 is 11.5 Å². The number of nitrogens with zero attached hydrogens (tertiary/aromatic N) is 4. The summed E-state index contributed by atoms with van der Waals surface area (Å²) in [5, 5.41) is 13.0. The molecule has 2 aromatic heterocycles. The normalized spacial score (nSPS) is 11.2. The van der Waals surface area contributed by atoms with Crippen molar-refractivity contribution in [3.63, 3.8) is 0 Å². The topological polar surface area (TPSA) is 121 Å². The summed E-state index contributed by atoms with van der Waals surface area (Å²) in [6.07, 6.45) is 3.39. The van der Waals surface area contributed by atoms with Gasteiger partial charge < -0.3 is 13.9 Å². The van der Waals surface area contributed by atoms with E-state index in [1.165, 1.54) is 12.3 Å². The molecule has 1 N–H and O–H groups in total. The molecule has 0 saturated carbocycles. The number of aryl methyl sites for hydroxylation is 2. The molecular weight excluding hydrogens is 510 g/mol. The fraction of sp³-hybridized carbons (Fsp3) is 0.167. The predicted octanol–water partition coefficient (Wildman–Crippen LogP) is 4.16. The summed E-state index contributed by atoms with van der Waals surface area (Å²) in [5.41, 5.74) is 6.64. The van der Waals surface area contributed by atoms with Crippen LogP contribution in [0.3, 0.4) is 0 Å². The molecule has 10 heteroatoms. The molecule has 0 saturated heterocycles. The van der Waals surface area contributed by atoms with Crippen molar-refractivity contribution in [3.05, 3.63) is 117 Å². The lowest BCUT2D eigenvalue weighted by Gasteiger charge is -2.11. The Kier molecular flexibility index (Phi) is 7.96. The Labute approximate surface area is 229 Å². The highest BCUT2D eigenvalue weighted by molar-refractivity contribution is 5.88. The van der Waals surface area contributed by atoms with E-state index in [1.807, 2.05) is 67.7 Å². The van der Waals surface area contributed by atoms with E-state index in [0.29, 0.717) is 41.2 Å². The van der Waals surface area contributed by atoms with Crippen molar-refractivity contribution in [2.45, 2.75) is 27.0 Å². The third-order valence-electron chi connectivity index (χ3n) is 5.95. The van der Waals surface area contributed by atoms with E-state index in [0.717, 1.165) is 22.4 Å². The molecule has 0 aliphatic rings. The largest absolute Gasteiger partial charge is 0.487 e. The molecule has 40 heavy (non-hydrogen) atoms. The van der Waals surface area contributed by atoms with Crippen LogP contribution in [0.4, 0.5) is 0 Å². The van der Waals surface area contributed by atoms with Crippen LogP contribution in [0.15, 0.2) is 93.3 Å². The second-order valence-electron chi connectivity index (χ2n) is 9.22. The Bertz CT molecular complexity index is 1710. The van der Waals surface area contributed by atoms with Gasteiger partial charge in [-0.25, -0.2) is 14.9 Å². The highest BCUT2D eigenvalue weighted by Gasteiger charge is 2.12. The molecule has 3 aromatic carbocycles. The van der Waals surface area contributed by atoms with Crippen molar-refractivity contribution in [2.24, 2.45) is 5.10 Å². The van der Waals surface area contributed by atoms with Crippen LogP contribution in [-0.4, -0.2) is 33.7 Å². The molecule has 0 aliphatic carbocycles. The Balaban J connectivity index is 1.09. The van der Waals surface area contributed by atoms with Crippen LogP contribution >= 0.6 is 0 Å². The summed E-state index contributed by atoms with van der Waals surface area (Å²) in [6, 6.07) is 22.3. The van der Waals surface area contributed by atoms with E-state index in [9.17, 15) is 9.59 Å². The second kappa shape index (κ2) is 12.1. The number of hydrogen-bond acceptors (Lipinski definition) is 8. The summed E-state index contributed by atoms with van der Waals surface area (Å²) in [4.78, 5) is 24.0. The number of ether oxygens (including phenoxy) is 2. The van der Waals surface area contributed by atoms with Crippen LogP contribution in [0.2, 0.25) is 0 Å². The first kappa shape index (κ1) is 26.4. The van der Waals surface area contributed by atoms with Gasteiger partial charge in [0.05, 0.1) is 24.3 Å². The van der Waals surface area contributed by atoms with Crippen molar-refractivity contribution < 1.29 is 18.7 Å². The summed E-state index contributed by atoms with van der Waals surface area (Å²) >= 11 is 0. The van der Waals surface area contributed by atoms with Crippen molar-refractivity contribution >= 4 is 23.1 Å². The SMILES string of the molecule is Cc1cc(OCC(=O)N/N=C/c2ccc(OCc3cn(Cc4ccccc4)nn3)cc2)c2c(C)cc(=O)oc2c1. The van der Waals surface area contributed by atoms with Crippen molar-refractivity contribution in [1.82, 2.24) is 20.4 Å². The molecule has 0 radical (unpaired) electrons. The average Bonchev–Trinajstić information content (AvgIpc) is 3.38. The number of nitrogens with one attached hydrogen (secondary N) is 1. The molecular formula is C30H27N5O5. The van der Waals surface area contributed by atoms with Crippen LogP contribution in [0.25, 0.3) is 11.0 Å². The highest BCUT2D eigenvalue weighted by Crippen LogP contribution is 2.29. The van der Waals surface area contributed by atoms with Gasteiger partial charge in [0.2, 0.25) is 0 Å². The van der Waals surface area contributed by atoms with Crippen molar-refractivity contribution in [2.75, 3.05) is 6.61 Å². The van der Waals surface area contributed by atoms with Gasteiger partial charge in [-0.3, -0.25) is 4.79 Å². The monoisotopic (exact) mass is 537 g/mol. The third-order valence-corrected chi connectivity index (χ3v) is 5.95. The van der Waals surface area contributed by atoms with Gasteiger partial charge in [0.15, 0.2) is 6.61 Å². The molecule has 10 nitrogen and oxygen atoms in total. The number of carbonyl (C=O) groups is 1. The standard InChI is InChI=1S/C30H27N5O5/c1-20-12-26(30-21(2)14-29(37)40-27(30)13-20)39-19-28(36)33-31-15-22-8-10-25(11-9-22)38-18-24-17-35(34-32-24)16-23-6-4-3-5-7-23/h3-15,17H,16,18-19H2,1-2H3,(H,33,36)/b31-15+. The minimum Gasteiger partial charge on any atom is -0.487 e. The van der Waals surface area contributed by atoms with Gasteiger partial charge in [-0.1, -0.05) is 35.5 Å². The van der Waals surface area contributed by atoms with Crippen LogP contribution < -0.4 is 20.5 Å². The summed E-state index contributed by atoms with van der Waals surface area (Å²) in [7, 11) is 0. The average molecular weight is 538 g/mol. The van der Waals surface area contributed by atoms with Crippen LogP contribution in [0.1, 0.15) is 27.9 Å². The lowest BCUT2D eigenvalue weighted by molar-refractivity contribution is -0.123. The van der Waals surface area contributed by atoms with Crippen molar-refractivity contribution in [1.29, 1.82) is 0 Å². The molecule has 202 valence electrons. The van der Waals surface area contributed by atoms with E-state index in [2.05, 4.69) is 20.8 Å². The summed E-state index contributed by atoms with van der Waals surface area (Å²) < 4.78 is 18.6. The first-order chi connectivity index (χ1) is 19.4. The van der Waals surface area contributed by atoms with Gasteiger partial charge in [-0.15, -0.1) is 5.10 Å². The van der Waals surface area contributed by atoms with Gasteiger partial charge >= 0.3 is 5.63 Å². The van der Waals surface area contributed by atoms with Crippen LogP contribution in [0.5, 0.6) is 11.5 Å². The van der Waals surface area contributed by atoms with Gasteiger partial charge in [-0.05, 0) is 72.5 Å². The quantitative estimate of drug-likeness (QED) is 0.161. The predicted molar refractivity (Wildman–Crippen MR) is 150 cm³/mol. The maximum absolute atomic E-state index is 12.3. The van der Waals surface area contributed by atoms with Crippen LogP contribution in [0, 0.1) is 13.8 Å². The number of amides is 1. The minimum atomic E-state index is -0.434. The number of hydrogen-bond donors (Lipinski definition) is 1. The molecule has 1 amide bonds. The number of fused-ring (bicyclic) bond motifs is 1. The zero-order valence-electron chi connectivity index (χ0n) is 22.0. The summed E-state index contributed by atoms with van der Waals surface area (Å²) in [5.74, 6) is 0.703. The number of rotatable bonds is 10. The Morgan fingerprint density at radius 2 is 1.85 bits per heavy atom. The second-order valence-corrected chi connectivity index (χ2v) is 9.22. The Morgan fingerprint density at radius 1 is 1.05 bits per heavy atom. The van der Waals surface area contributed by atoms with Crippen molar-refractivity contribution in [3.8, 4) is 11.5 Å². The van der Waals surface area contributed by atoms with E-state index >= 15 is 0 Å². The van der Waals surface area contributed by atoms with E-state index in [4.69, 9.17) is 13.9 Å². The molecule has 0 atom stereocenters. The number of carbonyl (C=O) groups excluding carboxylic acids is 1. The number of benzene rings is 3.